The Morgan fingerprint density at radius 2 is 2.00 bits per heavy atom. The third-order valence-corrected chi connectivity index (χ3v) is 3.32. The van der Waals surface area contributed by atoms with E-state index in [1.54, 1.807) is 5.41 Å². The van der Waals surface area contributed by atoms with Crippen molar-refractivity contribution in [3.63, 3.8) is 0 Å². The number of thioether (sulfide) groups is 1. The summed E-state index contributed by atoms with van der Waals surface area (Å²) in [6, 6.07) is 5.47. The van der Waals surface area contributed by atoms with Crippen LogP contribution in [-0.4, -0.2) is 15.8 Å². The molecule has 0 saturated heterocycles. The molecular weight excluding hydrogens is 263 g/mol. The molecule has 0 fully saturated rings. The fourth-order valence-electron chi connectivity index (χ4n) is 1.44. The van der Waals surface area contributed by atoms with Gasteiger partial charge in [0.2, 0.25) is 0 Å². The summed E-state index contributed by atoms with van der Waals surface area (Å²) in [6.45, 7) is 3.86. The Kier molecular flexibility index (Phi) is 4.16. The van der Waals surface area contributed by atoms with E-state index in [2.05, 4.69) is 9.97 Å². The van der Waals surface area contributed by atoms with Crippen LogP contribution < -0.4 is 0 Å². The van der Waals surface area contributed by atoms with Crippen LogP contribution in [0.5, 0.6) is 0 Å². The van der Waals surface area contributed by atoms with E-state index in [0.717, 1.165) is 16.5 Å². The van der Waals surface area contributed by atoms with E-state index >= 15 is 0 Å². The van der Waals surface area contributed by atoms with Crippen molar-refractivity contribution >= 4 is 17.5 Å². The molecular formula is C14H13FN2OS. The van der Waals surface area contributed by atoms with Gasteiger partial charge in [-0.15, -0.1) is 0 Å². The highest BCUT2D eigenvalue weighted by atomic mass is 32.2. The lowest BCUT2D eigenvalue weighted by molar-refractivity contribution is 0.104. The molecule has 2 rings (SSSR count). The van der Waals surface area contributed by atoms with Crippen molar-refractivity contribution in [1.82, 2.24) is 9.97 Å². The maximum Gasteiger partial charge on any atom is 0.186 e. The minimum absolute atomic E-state index is 0.160. The average molecular weight is 276 g/mol. The summed E-state index contributed by atoms with van der Waals surface area (Å²) in [5.41, 5.74) is 2.42. The normalized spacial score (nSPS) is 11.1. The first-order valence-corrected chi connectivity index (χ1v) is 6.60. The lowest BCUT2D eigenvalue weighted by atomic mass is 10.1. The SMILES string of the molecule is Cc1nc(S/C=C/C(=O)c2ccc(F)cc2)[nH]c1C. The number of hydrogen-bond donors (Lipinski definition) is 1. The first kappa shape index (κ1) is 13.5. The number of carbonyl (C=O) groups is 1. The predicted octanol–water partition coefficient (Wildman–Crippen LogP) is 3.65. The van der Waals surface area contributed by atoms with Gasteiger partial charge < -0.3 is 4.98 Å². The smallest absolute Gasteiger partial charge is 0.186 e. The fourth-order valence-corrected chi connectivity index (χ4v) is 2.16. The topological polar surface area (TPSA) is 45.8 Å². The van der Waals surface area contributed by atoms with Crippen LogP contribution in [0.1, 0.15) is 21.7 Å². The van der Waals surface area contributed by atoms with Gasteiger partial charge in [-0.2, -0.15) is 0 Å². The maximum atomic E-state index is 12.7. The van der Waals surface area contributed by atoms with Crippen LogP contribution in [0, 0.1) is 19.7 Å². The Balaban J connectivity index is 1.99. The van der Waals surface area contributed by atoms with Crippen LogP contribution in [0.4, 0.5) is 4.39 Å². The number of nitrogens with zero attached hydrogens (tertiary/aromatic N) is 1. The van der Waals surface area contributed by atoms with Gasteiger partial charge in [-0.1, -0.05) is 11.8 Å². The van der Waals surface area contributed by atoms with Crippen molar-refractivity contribution in [3.8, 4) is 0 Å². The van der Waals surface area contributed by atoms with E-state index in [-0.39, 0.29) is 11.6 Å². The van der Waals surface area contributed by atoms with E-state index in [4.69, 9.17) is 0 Å². The van der Waals surface area contributed by atoms with Crippen LogP contribution >= 0.6 is 11.8 Å². The highest BCUT2D eigenvalue weighted by Crippen LogP contribution is 2.17. The highest BCUT2D eigenvalue weighted by molar-refractivity contribution is 8.02. The largest absolute Gasteiger partial charge is 0.337 e. The fraction of sp³-hybridized carbons (Fsp3) is 0.143. The zero-order valence-electron chi connectivity index (χ0n) is 10.6. The monoisotopic (exact) mass is 276 g/mol. The Morgan fingerprint density at radius 3 is 2.58 bits per heavy atom. The minimum atomic E-state index is -0.351. The summed E-state index contributed by atoms with van der Waals surface area (Å²) in [6.07, 6.45) is 1.45. The quantitative estimate of drug-likeness (QED) is 0.526. The Hall–Kier alpha value is -1.88. The van der Waals surface area contributed by atoms with Crippen molar-refractivity contribution in [1.29, 1.82) is 0 Å². The average Bonchev–Trinajstić information content (AvgIpc) is 2.69. The van der Waals surface area contributed by atoms with Gasteiger partial charge in [0.05, 0.1) is 5.69 Å². The molecule has 0 radical (unpaired) electrons. The molecule has 0 aliphatic carbocycles. The van der Waals surface area contributed by atoms with E-state index < -0.39 is 0 Å². The van der Waals surface area contributed by atoms with Crippen molar-refractivity contribution in [2.45, 2.75) is 19.0 Å². The van der Waals surface area contributed by atoms with E-state index in [1.807, 2.05) is 13.8 Å². The van der Waals surface area contributed by atoms with Crippen LogP contribution in [0.2, 0.25) is 0 Å². The number of allylic oxidation sites excluding steroid dienone is 1. The molecule has 1 N–H and O–H groups in total. The Labute approximate surface area is 115 Å². The molecule has 19 heavy (non-hydrogen) atoms. The summed E-state index contributed by atoms with van der Waals surface area (Å²) in [5.74, 6) is -0.510. The second kappa shape index (κ2) is 5.84. The highest BCUT2D eigenvalue weighted by Gasteiger charge is 2.03. The molecule has 0 saturated carbocycles. The number of aromatic nitrogens is 2. The van der Waals surface area contributed by atoms with E-state index in [9.17, 15) is 9.18 Å². The van der Waals surface area contributed by atoms with Gasteiger partial charge in [-0.05, 0) is 49.6 Å². The molecule has 5 heteroatoms. The molecule has 98 valence electrons. The molecule has 0 spiro atoms. The molecule has 2 aromatic rings. The molecule has 0 bridgehead atoms. The molecule has 0 amide bonds. The molecule has 0 aliphatic heterocycles. The zero-order valence-corrected chi connectivity index (χ0v) is 11.4. The number of imidazole rings is 1. The van der Waals surface area contributed by atoms with Crippen LogP contribution in [0.15, 0.2) is 40.9 Å². The number of rotatable bonds is 4. The number of halogens is 1. The summed E-state index contributed by atoms with van der Waals surface area (Å²) in [4.78, 5) is 19.2. The van der Waals surface area contributed by atoms with Gasteiger partial charge >= 0.3 is 0 Å². The number of carbonyl (C=O) groups excluding carboxylic acids is 1. The molecule has 1 aromatic heterocycles. The number of benzene rings is 1. The lowest BCUT2D eigenvalue weighted by Gasteiger charge is -1.94. The number of H-pyrrole nitrogens is 1. The third-order valence-electron chi connectivity index (χ3n) is 2.63. The molecule has 3 nitrogen and oxygen atoms in total. The van der Waals surface area contributed by atoms with Gasteiger partial charge in [-0.3, -0.25) is 4.79 Å². The van der Waals surface area contributed by atoms with E-state index in [0.29, 0.717) is 5.56 Å². The first-order valence-electron chi connectivity index (χ1n) is 5.72. The van der Waals surface area contributed by atoms with Gasteiger partial charge in [0.25, 0.3) is 0 Å². The number of ketones is 1. The van der Waals surface area contributed by atoms with Gasteiger partial charge in [0.1, 0.15) is 5.82 Å². The summed E-state index contributed by atoms with van der Waals surface area (Å²) < 4.78 is 12.7. The minimum Gasteiger partial charge on any atom is -0.337 e. The Morgan fingerprint density at radius 1 is 1.32 bits per heavy atom. The van der Waals surface area contributed by atoms with Crippen LogP contribution in [0.25, 0.3) is 0 Å². The van der Waals surface area contributed by atoms with Crippen molar-refractivity contribution in [2.24, 2.45) is 0 Å². The zero-order chi connectivity index (χ0) is 13.8. The van der Waals surface area contributed by atoms with Crippen molar-refractivity contribution in [3.05, 3.63) is 58.5 Å². The van der Waals surface area contributed by atoms with Crippen LogP contribution in [0.3, 0.4) is 0 Å². The summed E-state index contributed by atoms with van der Waals surface area (Å²) >= 11 is 1.34. The molecule has 1 aromatic carbocycles. The van der Waals surface area contributed by atoms with Gasteiger partial charge in [-0.25, -0.2) is 9.37 Å². The van der Waals surface area contributed by atoms with E-state index in [1.165, 1.54) is 42.1 Å². The van der Waals surface area contributed by atoms with Gasteiger partial charge in [0, 0.05) is 11.3 Å². The third kappa shape index (κ3) is 3.54. The number of hydrogen-bond acceptors (Lipinski definition) is 3. The Bertz CT molecular complexity index is 597. The van der Waals surface area contributed by atoms with Crippen molar-refractivity contribution < 1.29 is 9.18 Å². The number of aryl methyl sites for hydroxylation is 2. The second-order valence-corrected chi connectivity index (χ2v) is 4.94. The van der Waals surface area contributed by atoms with Gasteiger partial charge in [0.15, 0.2) is 10.9 Å². The molecule has 0 aliphatic rings. The number of aromatic amines is 1. The predicted molar refractivity (Wildman–Crippen MR) is 73.8 cm³/mol. The van der Waals surface area contributed by atoms with Crippen LogP contribution in [-0.2, 0) is 0 Å². The number of nitrogens with one attached hydrogen (secondary N) is 1. The summed E-state index contributed by atoms with van der Waals surface area (Å²) in [5, 5.41) is 2.42. The summed E-state index contributed by atoms with van der Waals surface area (Å²) in [7, 11) is 0. The first-order chi connectivity index (χ1) is 9.06. The molecule has 0 unspecified atom stereocenters. The molecule has 0 atom stereocenters. The maximum absolute atomic E-state index is 12.7. The second-order valence-electron chi connectivity index (χ2n) is 4.04. The lowest BCUT2D eigenvalue weighted by Crippen LogP contribution is -1.93. The standard InChI is InChI=1S/C14H13FN2OS/c1-9-10(2)17-14(16-9)19-8-7-13(18)11-3-5-12(15)6-4-11/h3-8H,1-2H3,(H,16,17)/b8-7+. The van der Waals surface area contributed by atoms with Crippen molar-refractivity contribution in [2.75, 3.05) is 0 Å². The molecule has 1 heterocycles.